The highest BCUT2D eigenvalue weighted by molar-refractivity contribution is 5.77. The van der Waals surface area contributed by atoms with E-state index >= 15 is 0 Å². The van der Waals surface area contributed by atoms with E-state index in [1.165, 1.54) is 0 Å². The average molecular weight is 130 g/mol. The van der Waals surface area contributed by atoms with Crippen molar-refractivity contribution in [3.05, 3.63) is 0 Å². The predicted octanol–water partition coefficient (Wildman–Crippen LogP) is -1.18. The summed E-state index contributed by atoms with van der Waals surface area (Å²) < 4.78 is 0. The van der Waals surface area contributed by atoms with Crippen LogP contribution in [0.25, 0.3) is 0 Å². The first-order valence-electron chi connectivity index (χ1n) is 2.85. The van der Waals surface area contributed by atoms with Gasteiger partial charge in [-0.15, -0.1) is 0 Å². The van der Waals surface area contributed by atoms with Crippen LogP contribution < -0.4 is 11.5 Å². The molecular weight excluding hydrogens is 116 g/mol. The lowest BCUT2D eigenvalue weighted by molar-refractivity contribution is 0.609. The highest BCUT2D eigenvalue weighted by atomic mass is 15.2. The Kier molecular flexibility index (Phi) is 3.79. The molecule has 0 amide bonds. The van der Waals surface area contributed by atoms with Crippen molar-refractivity contribution in [2.45, 2.75) is 0 Å². The highest BCUT2D eigenvalue weighted by Gasteiger charge is 1.89. The SMILES string of the molecule is CN(C)C(N)=NCCN. The molecule has 0 aromatic rings. The number of guanidine groups is 1. The topological polar surface area (TPSA) is 67.6 Å². The van der Waals surface area contributed by atoms with Crippen molar-refractivity contribution in [2.24, 2.45) is 16.5 Å². The fourth-order valence-electron chi connectivity index (χ4n) is 0.321. The first-order valence-corrected chi connectivity index (χ1v) is 2.85. The molecule has 0 heterocycles. The van der Waals surface area contributed by atoms with Crippen LogP contribution in [0.2, 0.25) is 0 Å². The molecule has 0 aromatic heterocycles. The zero-order valence-corrected chi connectivity index (χ0v) is 5.96. The van der Waals surface area contributed by atoms with Gasteiger partial charge in [-0.25, -0.2) is 0 Å². The zero-order chi connectivity index (χ0) is 7.28. The first-order chi connectivity index (χ1) is 4.18. The lowest BCUT2D eigenvalue weighted by Crippen LogP contribution is -2.31. The molecule has 0 radical (unpaired) electrons. The van der Waals surface area contributed by atoms with E-state index in [0.717, 1.165) is 0 Å². The molecule has 54 valence electrons. The number of hydrogen-bond acceptors (Lipinski definition) is 2. The van der Waals surface area contributed by atoms with Crippen molar-refractivity contribution >= 4 is 5.96 Å². The van der Waals surface area contributed by atoms with E-state index in [4.69, 9.17) is 11.5 Å². The van der Waals surface area contributed by atoms with Crippen molar-refractivity contribution in [2.75, 3.05) is 27.2 Å². The largest absolute Gasteiger partial charge is 0.370 e. The Labute approximate surface area is 55.5 Å². The maximum Gasteiger partial charge on any atom is 0.190 e. The third-order valence-electron chi connectivity index (χ3n) is 0.861. The monoisotopic (exact) mass is 130 g/mol. The first kappa shape index (κ1) is 8.23. The van der Waals surface area contributed by atoms with E-state index < -0.39 is 0 Å². The highest BCUT2D eigenvalue weighted by Crippen LogP contribution is 1.73. The summed E-state index contributed by atoms with van der Waals surface area (Å²) in [5.41, 5.74) is 10.6. The summed E-state index contributed by atoms with van der Waals surface area (Å²) in [7, 11) is 3.69. The van der Waals surface area contributed by atoms with Gasteiger partial charge in [0.1, 0.15) is 0 Å². The Bertz CT molecular complexity index is 97.1. The second-order valence-corrected chi connectivity index (χ2v) is 1.92. The standard InChI is InChI=1S/C5H14N4/c1-9(2)5(7)8-4-3-6/h3-4,6H2,1-2H3,(H2,7,8). The van der Waals surface area contributed by atoms with Gasteiger partial charge in [-0.2, -0.15) is 0 Å². The molecule has 0 aliphatic rings. The molecule has 0 bridgehead atoms. The molecule has 4 nitrogen and oxygen atoms in total. The molecule has 9 heavy (non-hydrogen) atoms. The smallest absolute Gasteiger partial charge is 0.190 e. The second kappa shape index (κ2) is 4.14. The van der Waals surface area contributed by atoms with E-state index in [9.17, 15) is 0 Å². The molecule has 0 saturated carbocycles. The molecule has 0 rings (SSSR count). The normalized spacial score (nSPS) is 11.7. The van der Waals surface area contributed by atoms with Gasteiger partial charge in [-0.05, 0) is 0 Å². The Hall–Kier alpha value is -0.770. The van der Waals surface area contributed by atoms with E-state index in [0.29, 0.717) is 19.0 Å². The molecule has 0 saturated heterocycles. The molecule has 0 aromatic carbocycles. The molecule has 0 aliphatic carbocycles. The second-order valence-electron chi connectivity index (χ2n) is 1.92. The number of aliphatic imine (C=N–C) groups is 1. The summed E-state index contributed by atoms with van der Waals surface area (Å²) in [6.07, 6.45) is 0. The molecule has 0 fully saturated rings. The summed E-state index contributed by atoms with van der Waals surface area (Å²) in [5, 5.41) is 0. The third kappa shape index (κ3) is 3.78. The summed E-state index contributed by atoms with van der Waals surface area (Å²) in [6.45, 7) is 1.15. The van der Waals surface area contributed by atoms with E-state index in [1.807, 2.05) is 14.1 Å². The minimum atomic E-state index is 0.528. The lowest BCUT2D eigenvalue weighted by atomic mass is 10.7. The van der Waals surface area contributed by atoms with Gasteiger partial charge < -0.3 is 16.4 Å². The molecule has 0 atom stereocenters. The Morgan fingerprint density at radius 2 is 2.11 bits per heavy atom. The van der Waals surface area contributed by atoms with Crippen molar-refractivity contribution in [3.8, 4) is 0 Å². The van der Waals surface area contributed by atoms with Crippen LogP contribution in [0.4, 0.5) is 0 Å². The summed E-state index contributed by atoms with van der Waals surface area (Å²) in [4.78, 5) is 5.68. The quantitative estimate of drug-likeness (QED) is 0.365. The van der Waals surface area contributed by atoms with Crippen LogP contribution in [0.3, 0.4) is 0 Å². The van der Waals surface area contributed by atoms with Crippen molar-refractivity contribution in [1.29, 1.82) is 0 Å². The third-order valence-corrected chi connectivity index (χ3v) is 0.861. The van der Waals surface area contributed by atoms with E-state index in [2.05, 4.69) is 4.99 Å². The van der Waals surface area contributed by atoms with Gasteiger partial charge in [0.25, 0.3) is 0 Å². The molecule has 0 aliphatic heterocycles. The van der Waals surface area contributed by atoms with Crippen molar-refractivity contribution < 1.29 is 0 Å². The summed E-state index contributed by atoms with van der Waals surface area (Å²) in [5.74, 6) is 0.528. The summed E-state index contributed by atoms with van der Waals surface area (Å²) in [6, 6.07) is 0. The van der Waals surface area contributed by atoms with Crippen LogP contribution in [-0.2, 0) is 0 Å². The minimum Gasteiger partial charge on any atom is -0.370 e. The van der Waals surface area contributed by atoms with Crippen LogP contribution in [0.1, 0.15) is 0 Å². The molecular formula is C5H14N4. The Morgan fingerprint density at radius 1 is 1.56 bits per heavy atom. The fourth-order valence-corrected chi connectivity index (χ4v) is 0.321. The van der Waals surface area contributed by atoms with Crippen LogP contribution in [0, 0.1) is 0 Å². The number of nitrogens with two attached hydrogens (primary N) is 2. The van der Waals surface area contributed by atoms with E-state index in [-0.39, 0.29) is 0 Å². The average Bonchev–Trinajstić information content (AvgIpc) is 1.82. The Balaban J connectivity index is 3.55. The fraction of sp³-hybridized carbons (Fsp3) is 0.800. The van der Waals surface area contributed by atoms with E-state index in [1.54, 1.807) is 4.90 Å². The molecule has 4 N–H and O–H groups in total. The van der Waals surface area contributed by atoms with Crippen molar-refractivity contribution in [3.63, 3.8) is 0 Å². The van der Waals surface area contributed by atoms with Crippen LogP contribution in [-0.4, -0.2) is 38.0 Å². The maximum atomic E-state index is 5.42. The summed E-state index contributed by atoms with van der Waals surface area (Å²) >= 11 is 0. The van der Waals surface area contributed by atoms with Gasteiger partial charge in [-0.3, -0.25) is 4.99 Å². The number of rotatable bonds is 2. The number of hydrogen-bond donors (Lipinski definition) is 2. The van der Waals surface area contributed by atoms with Gasteiger partial charge in [-0.1, -0.05) is 0 Å². The van der Waals surface area contributed by atoms with Crippen LogP contribution in [0.15, 0.2) is 4.99 Å². The predicted molar refractivity (Wildman–Crippen MR) is 39.2 cm³/mol. The van der Waals surface area contributed by atoms with Crippen LogP contribution in [0.5, 0.6) is 0 Å². The minimum absolute atomic E-state index is 0.528. The molecule has 4 heteroatoms. The van der Waals surface area contributed by atoms with Gasteiger partial charge in [0.05, 0.1) is 6.54 Å². The maximum absolute atomic E-state index is 5.42. The number of nitrogens with zero attached hydrogens (tertiary/aromatic N) is 2. The molecule has 0 spiro atoms. The van der Waals surface area contributed by atoms with Gasteiger partial charge in [0.15, 0.2) is 5.96 Å². The van der Waals surface area contributed by atoms with Gasteiger partial charge in [0, 0.05) is 20.6 Å². The van der Waals surface area contributed by atoms with Crippen LogP contribution >= 0.6 is 0 Å². The molecule has 0 unspecified atom stereocenters. The van der Waals surface area contributed by atoms with Gasteiger partial charge in [0.2, 0.25) is 0 Å². The van der Waals surface area contributed by atoms with Crippen molar-refractivity contribution in [1.82, 2.24) is 4.90 Å². The van der Waals surface area contributed by atoms with Gasteiger partial charge >= 0.3 is 0 Å². The lowest BCUT2D eigenvalue weighted by Gasteiger charge is -2.09. The zero-order valence-electron chi connectivity index (χ0n) is 5.96. The Morgan fingerprint density at radius 3 is 2.44 bits per heavy atom.